The highest BCUT2D eigenvalue weighted by Gasteiger charge is 2.27. The Hall–Kier alpha value is -0.860. The highest BCUT2D eigenvalue weighted by molar-refractivity contribution is 5.11. The molecule has 2 heteroatoms. The second-order valence-electron chi connectivity index (χ2n) is 5.15. The SMILES string of the molecule is C=C[C@@](C)(CO)[C@@H](O)/C=C(\C)CCC=C(C)C. The Labute approximate surface area is 105 Å². The monoisotopic (exact) mass is 238 g/mol. The first-order valence-corrected chi connectivity index (χ1v) is 6.09. The van der Waals surface area contributed by atoms with E-state index in [0.29, 0.717) is 0 Å². The second-order valence-corrected chi connectivity index (χ2v) is 5.15. The average molecular weight is 238 g/mol. The molecule has 0 aromatic rings. The summed E-state index contributed by atoms with van der Waals surface area (Å²) in [6, 6.07) is 0. The molecule has 0 aromatic carbocycles. The molecule has 98 valence electrons. The molecule has 0 saturated carbocycles. The fourth-order valence-corrected chi connectivity index (χ4v) is 1.41. The Bertz CT molecular complexity index is 298. The molecule has 2 nitrogen and oxygen atoms in total. The Balaban J connectivity index is 4.47. The smallest absolute Gasteiger partial charge is 0.0833 e. The van der Waals surface area contributed by atoms with Crippen molar-refractivity contribution in [2.45, 2.75) is 46.6 Å². The Kier molecular flexibility index (Phi) is 7.09. The molecule has 2 atom stereocenters. The first kappa shape index (κ1) is 16.1. The van der Waals surface area contributed by atoms with Crippen molar-refractivity contribution in [2.75, 3.05) is 6.61 Å². The minimum Gasteiger partial charge on any atom is -0.395 e. The van der Waals surface area contributed by atoms with Crippen molar-refractivity contribution >= 4 is 0 Å². The van der Waals surface area contributed by atoms with Crippen LogP contribution in [0.5, 0.6) is 0 Å². The molecule has 0 radical (unpaired) electrons. The van der Waals surface area contributed by atoms with Gasteiger partial charge in [0.25, 0.3) is 0 Å². The van der Waals surface area contributed by atoms with Crippen molar-refractivity contribution in [3.8, 4) is 0 Å². The van der Waals surface area contributed by atoms with Gasteiger partial charge in [-0.3, -0.25) is 0 Å². The molecule has 0 rings (SSSR count). The topological polar surface area (TPSA) is 40.5 Å². The van der Waals surface area contributed by atoms with Crippen LogP contribution in [0, 0.1) is 5.41 Å². The van der Waals surface area contributed by atoms with Crippen LogP contribution in [-0.4, -0.2) is 22.9 Å². The summed E-state index contributed by atoms with van der Waals surface area (Å²) in [5.74, 6) is 0. The van der Waals surface area contributed by atoms with Gasteiger partial charge in [-0.25, -0.2) is 0 Å². The maximum atomic E-state index is 10.0. The maximum absolute atomic E-state index is 10.0. The molecule has 0 fully saturated rings. The van der Waals surface area contributed by atoms with Crippen molar-refractivity contribution in [2.24, 2.45) is 5.41 Å². The van der Waals surface area contributed by atoms with Crippen molar-refractivity contribution in [1.82, 2.24) is 0 Å². The zero-order chi connectivity index (χ0) is 13.5. The van der Waals surface area contributed by atoms with Crippen LogP contribution in [0.1, 0.15) is 40.5 Å². The normalized spacial score (nSPS) is 17.2. The van der Waals surface area contributed by atoms with Crippen molar-refractivity contribution in [3.05, 3.63) is 36.0 Å². The lowest BCUT2D eigenvalue weighted by molar-refractivity contribution is 0.0592. The molecule has 2 N–H and O–H groups in total. The summed E-state index contributed by atoms with van der Waals surface area (Å²) in [6.45, 7) is 11.5. The van der Waals surface area contributed by atoms with Crippen LogP contribution >= 0.6 is 0 Å². The van der Waals surface area contributed by atoms with E-state index < -0.39 is 11.5 Å². The van der Waals surface area contributed by atoms with E-state index in [2.05, 4.69) is 26.5 Å². The highest BCUT2D eigenvalue weighted by Crippen LogP contribution is 2.24. The maximum Gasteiger partial charge on any atom is 0.0833 e. The Morgan fingerprint density at radius 1 is 1.35 bits per heavy atom. The van der Waals surface area contributed by atoms with Gasteiger partial charge in [-0.05, 0) is 33.6 Å². The van der Waals surface area contributed by atoms with Gasteiger partial charge in [0, 0.05) is 5.41 Å². The Morgan fingerprint density at radius 2 is 1.94 bits per heavy atom. The van der Waals surface area contributed by atoms with E-state index in [9.17, 15) is 10.2 Å². The van der Waals surface area contributed by atoms with Gasteiger partial charge in [0.05, 0.1) is 12.7 Å². The fourth-order valence-electron chi connectivity index (χ4n) is 1.41. The molecule has 0 spiro atoms. The van der Waals surface area contributed by atoms with E-state index >= 15 is 0 Å². The third-order valence-corrected chi connectivity index (χ3v) is 3.02. The quantitative estimate of drug-likeness (QED) is 0.669. The van der Waals surface area contributed by atoms with Gasteiger partial charge in [0.15, 0.2) is 0 Å². The van der Waals surface area contributed by atoms with Crippen molar-refractivity contribution in [1.29, 1.82) is 0 Å². The number of hydrogen-bond donors (Lipinski definition) is 2. The third kappa shape index (κ3) is 5.85. The predicted molar refractivity (Wildman–Crippen MR) is 73.8 cm³/mol. The van der Waals surface area contributed by atoms with E-state index in [1.54, 1.807) is 13.0 Å². The van der Waals surface area contributed by atoms with Gasteiger partial charge in [0.2, 0.25) is 0 Å². The number of allylic oxidation sites excluding steroid dienone is 3. The van der Waals surface area contributed by atoms with Crippen LogP contribution in [0.25, 0.3) is 0 Å². The number of aliphatic hydroxyl groups excluding tert-OH is 2. The van der Waals surface area contributed by atoms with E-state index in [0.717, 1.165) is 18.4 Å². The number of rotatable bonds is 7. The zero-order valence-electron chi connectivity index (χ0n) is 11.5. The molecular formula is C15H26O2. The van der Waals surface area contributed by atoms with Crippen LogP contribution in [0.2, 0.25) is 0 Å². The summed E-state index contributed by atoms with van der Waals surface area (Å²) < 4.78 is 0. The molecule has 0 bridgehead atoms. The minimum absolute atomic E-state index is 0.102. The highest BCUT2D eigenvalue weighted by atomic mass is 16.3. The first-order valence-electron chi connectivity index (χ1n) is 6.09. The molecule has 0 aliphatic carbocycles. The van der Waals surface area contributed by atoms with Crippen LogP contribution in [0.15, 0.2) is 36.0 Å². The largest absolute Gasteiger partial charge is 0.395 e. The molecule has 0 aliphatic rings. The molecular weight excluding hydrogens is 212 g/mol. The predicted octanol–water partition coefficient (Wildman–Crippen LogP) is 3.22. The standard InChI is InChI=1S/C15H26O2/c1-6-15(5,11-16)14(17)10-13(4)9-7-8-12(2)3/h6,8,10,14,16-17H,1,7,9,11H2,2-5H3/b13-10+/t14-,15-/m0/s1. The van der Waals surface area contributed by atoms with Crippen LogP contribution in [-0.2, 0) is 0 Å². The van der Waals surface area contributed by atoms with Gasteiger partial charge in [-0.2, -0.15) is 0 Å². The summed E-state index contributed by atoms with van der Waals surface area (Å²) in [4.78, 5) is 0. The minimum atomic E-state index is -0.684. The summed E-state index contributed by atoms with van der Waals surface area (Å²) in [7, 11) is 0. The van der Waals surface area contributed by atoms with Gasteiger partial charge < -0.3 is 10.2 Å². The second kappa shape index (κ2) is 7.46. The first-order chi connectivity index (χ1) is 7.85. The zero-order valence-corrected chi connectivity index (χ0v) is 11.5. The van der Waals surface area contributed by atoms with Gasteiger partial charge >= 0.3 is 0 Å². The van der Waals surface area contributed by atoms with E-state index in [1.165, 1.54) is 5.57 Å². The molecule has 0 heterocycles. The number of hydrogen-bond acceptors (Lipinski definition) is 2. The summed E-state index contributed by atoms with van der Waals surface area (Å²) in [5, 5.41) is 19.3. The van der Waals surface area contributed by atoms with Crippen molar-refractivity contribution < 1.29 is 10.2 Å². The van der Waals surface area contributed by atoms with Crippen molar-refractivity contribution in [3.63, 3.8) is 0 Å². The van der Waals surface area contributed by atoms with E-state index in [4.69, 9.17) is 0 Å². The van der Waals surface area contributed by atoms with E-state index in [-0.39, 0.29) is 6.61 Å². The fraction of sp³-hybridized carbons (Fsp3) is 0.600. The number of aliphatic hydroxyl groups is 2. The van der Waals surface area contributed by atoms with Crippen LogP contribution < -0.4 is 0 Å². The lowest BCUT2D eigenvalue weighted by Crippen LogP contribution is -2.32. The summed E-state index contributed by atoms with van der Waals surface area (Å²) in [6.07, 6.45) is 6.84. The van der Waals surface area contributed by atoms with Gasteiger partial charge in [-0.15, -0.1) is 6.58 Å². The molecule has 17 heavy (non-hydrogen) atoms. The summed E-state index contributed by atoms with van der Waals surface area (Å²) in [5.41, 5.74) is 1.79. The molecule has 0 amide bonds. The molecule has 0 aliphatic heterocycles. The van der Waals surface area contributed by atoms with Gasteiger partial charge in [0.1, 0.15) is 0 Å². The Morgan fingerprint density at radius 3 is 2.35 bits per heavy atom. The average Bonchev–Trinajstić information content (AvgIpc) is 2.27. The molecule has 0 saturated heterocycles. The molecule has 0 aromatic heterocycles. The van der Waals surface area contributed by atoms with E-state index in [1.807, 2.05) is 13.0 Å². The lowest BCUT2D eigenvalue weighted by atomic mass is 9.84. The van der Waals surface area contributed by atoms with Crippen LogP contribution in [0.4, 0.5) is 0 Å². The third-order valence-electron chi connectivity index (χ3n) is 3.02. The van der Waals surface area contributed by atoms with Gasteiger partial charge in [-0.1, -0.05) is 36.3 Å². The summed E-state index contributed by atoms with van der Waals surface area (Å²) >= 11 is 0. The van der Waals surface area contributed by atoms with Crippen LogP contribution in [0.3, 0.4) is 0 Å². The lowest BCUT2D eigenvalue weighted by Gasteiger charge is -2.27. The molecule has 0 unspecified atom stereocenters.